The predicted octanol–water partition coefficient (Wildman–Crippen LogP) is 3.03. The summed E-state index contributed by atoms with van der Waals surface area (Å²) in [5.41, 5.74) is 0. The number of hydrogen-bond donors (Lipinski definition) is 1. The average Bonchev–Trinajstić information content (AvgIpc) is 3.40. The van der Waals surface area contributed by atoms with E-state index >= 15 is 0 Å². The maximum absolute atomic E-state index is 4.48. The maximum Gasteiger partial charge on any atom is 0.194 e. The number of nitrogens with one attached hydrogen (secondary N) is 1. The molecular formula is C19H27IN6S. The number of rotatable bonds is 5. The Morgan fingerprint density at radius 3 is 2.93 bits per heavy atom. The maximum atomic E-state index is 4.48. The van der Waals surface area contributed by atoms with Gasteiger partial charge in [0, 0.05) is 43.8 Å². The van der Waals surface area contributed by atoms with Crippen molar-refractivity contribution in [2.24, 2.45) is 10.9 Å². The Morgan fingerprint density at radius 2 is 2.11 bits per heavy atom. The zero-order valence-electron chi connectivity index (χ0n) is 15.7. The third kappa shape index (κ3) is 4.96. The van der Waals surface area contributed by atoms with Crippen molar-refractivity contribution in [1.82, 2.24) is 25.0 Å². The lowest BCUT2D eigenvalue weighted by Gasteiger charge is -2.21. The van der Waals surface area contributed by atoms with E-state index in [4.69, 9.17) is 0 Å². The third-order valence-corrected chi connectivity index (χ3v) is 6.36. The molecule has 2 aliphatic rings. The quantitative estimate of drug-likeness (QED) is 0.297. The van der Waals surface area contributed by atoms with Crippen molar-refractivity contribution in [3.05, 3.63) is 42.0 Å². The number of thioether (sulfide) groups is 1. The molecular weight excluding hydrogens is 471 g/mol. The molecule has 0 amide bonds. The van der Waals surface area contributed by atoms with Gasteiger partial charge in [0.1, 0.15) is 5.82 Å². The minimum absolute atomic E-state index is 0. The minimum Gasteiger partial charge on any atom is -0.349 e. The van der Waals surface area contributed by atoms with Crippen molar-refractivity contribution in [2.75, 3.05) is 25.9 Å². The van der Waals surface area contributed by atoms with Crippen LogP contribution < -0.4 is 5.32 Å². The first-order chi connectivity index (χ1) is 12.8. The fourth-order valence-corrected chi connectivity index (χ4v) is 4.77. The smallest absolute Gasteiger partial charge is 0.194 e. The highest BCUT2D eigenvalue weighted by atomic mass is 127. The SMILES string of the molecule is CN=C(NCc1nnc2n1CCC2)N1CCC(CSc2ccccc2)C1.I. The van der Waals surface area contributed by atoms with E-state index in [0.717, 1.165) is 49.4 Å². The first-order valence-electron chi connectivity index (χ1n) is 9.38. The summed E-state index contributed by atoms with van der Waals surface area (Å²) in [6, 6.07) is 10.7. The van der Waals surface area contributed by atoms with E-state index in [0.29, 0.717) is 12.5 Å². The summed E-state index contributed by atoms with van der Waals surface area (Å²) in [6.45, 7) is 3.87. The van der Waals surface area contributed by atoms with Crippen LogP contribution in [0.25, 0.3) is 0 Å². The fourth-order valence-electron chi connectivity index (χ4n) is 3.72. The number of halogens is 1. The highest BCUT2D eigenvalue weighted by Gasteiger charge is 2.25. The van der Waals surface area contributed by atoms with Crippen molar-refractivity contribution in [3.8, 4) is 0 Å². The van der Waals surface area contributed by atoms with Gasteiger partial charge in [0.15, 0.2) is 11.8 Å². The summed E-state index contributed by atoms with van der Waals surface area (Å²) in [7, 11) is 1.86. The summed E-state index contributed by atoms with van der Waals surface area (Å²) in [4.78, 5) is 8.21. The second kappa shape index (κ2) is 9.77. The molecule has 8 heteroatoms. The van der Waals surface area contributed by atoms with E-state index in [1.165, 1.54) is 17.7 Å². The normalized spacial score (nSPS) is 19.1. The van der Waals surface area contributed by atoms with Crippen molar-refractivity contribution in [3.63, 3.8) is 0 Å². The average molecular weight is 498 g/mol. The molecule has 0 spiro atoms. The van der Waals surface area contributed by atoms with Crippen LogP contribution >= 0.6 is 35.7 Å². The summed E-state index contributed by atoms with van der Waals surface area (Å²) in [5.74, 6) is 4.99. The monoisotopic (exact) mass is 498 g/mol. The Labute approximate surface area is 182 Å². The number of nitrogens with zero attached hydrogens (tertiary/aromatic N) is 5. The van der Waals surface area contributed by atoms with Crippen molar-refractivity contribution in [1.29, 1.82) is 0 Å². The number of benzene rings is 1. The lowest BCUT2D eigenvalue weighted by Crippen LogP contribution is -2.40. The van der Waals surface area contributed by atoms with E-state index in [1.807, 2.05) is 18.8 Å². The number of aryl methyl sites for hydroxylation is 1. The molecule has 6 nitrogen and oxygen atoms in total. The third-order valence-electron chi connectivity index (χ3n) is 5.12. The number of aliphatic imine (C=N–C) groups is 1. The van der Waals surface area contributed by atoms with Gasteiger partial charge in [-0.05, 0) is 30.9 Å². The Morgan fingerprint density at radius 1 is 1.26 bits per heavy atom. The van der Waals surface area contributed by atoms with E-state index in [-0.39, 0.29) is 24.0 Å². The Kier molecular flexibility index (Phi) is 7.40. The summed E-state index contributed by atoms with van der Waals surface area (Å²) in [6.07, 6.45) is 3.45. The molecule has 0 aliphatic carbocycles. The van der Waals surface area contributed by atoms with Gasteiger partial charge in [-0.25, -0.2) is 0 Å². The number of fused-ring (bicyclic) bond motifs is 1. The zero-order chi connectivity index (χ0) is 17.8. The fraction of sp³-hybridized carbons (Fsp3) is 0.526. The highest BCUT2D eigenvalue weighted by Crippen LogP contribution is 2.26. The molecule has 146 valence electrons. The van der Waals surface area contributed by atoms with Crippen LogP contribution in [0.3, 0.4) is 0 Å². The molecule has 1 fully saturated rings. The van der Waals surface area contributed by atoms with Gasteiger partial charge < -0.3 is 14.8 Å². The van der Waals surface area contributed by atoms with Gasteiger partial charge in [0.05, 0.1) is 6.54 Å². The van der Waals surface area contributed by atoms with Gasteiger partial charge in [-0.3, -0.25) is 4.99 Å². The topological polar surface area (TPSA) is 58.3 Å². The summed E-state index contributed by atoms with van der Waals surface area (Å²) in [5, 5.41) is 12.1. The van der Waals surface area contributed by atoms with Gasteiger partial charge >= 0.3 is 0 Å². The first-order valence-corrected chi connectivity index (χ1v) is 10.4. The highest BCUT2D eigenvalue weighted by molar-refractivity contribution is 14.0. The van der Waals surface area contributed by atoms with Gasteiger partial charge in [-0.15, -0.1) is 45.9 Å². The number of guanidine groups is 1. The summed E-state index contributed by atoms with van der Waals surface area (Å²) < 4.78 is 2.24. The molecule has 27 heavy (non-hydrogen) atoms. The van der Waals surface area contributed by atoms with Crippen molar-refractivity contribution >= 4 is 41.7 Å². The largest absolute Gasteiger partial charge is 0.349 e. The Bertz CT molecular complexity index is 763. The van der Waals surface area contributed by atoms with Gasteiger partial charge in [0.25, 0.3) is 0 Å². The molecule has 1 aromatic carbocycles. The van der Waals surface area contributed by atoms with Gasteiger partial charge in [0.2, 0.25) is 0 Å². The van der Waals surface area contributed by atoms with Gasteiger partial charge in [-0.1, -0.05) is 18.2 Å². The van der Waals surface area contributed by atoms with Crippen LogP contribution in [0.5, 0.6) is 0 Å². The number of hydrogen-bond acceptors (Lipinski definition) is 4. The van der Waals surface area contributed by atoms with E-state index in [2.05, 4.69) is 60.3 Å². The molecule has 0 saturated carbocycles. The number of aromatic nitrogens is 3. The molecule has 1 unspecified atom stereocenters. The second-order valence-corrected chi connectivity index (χ2v) is 8.01. The molecule has 1 aromatic heterocycles. The van der Waals surface area contributed by atoms with Crippen molar-refractivity contribution < 1.29 is 0 Å². The molecule has 4 rings (SSSR count). The predicted molar refractivity (Wildman–Crippen MR) is 121 cm³/mol. The molecule has 1 atom stereocenters. The van der Waals surface area contributed by atoms with E-state index in [1.54, 1.807) is 0 Å². The van der Waals surface area contributed by atoms with Crippen LogP contribution in [0.4, 0.5) is 0 Å². The molecule has 0 bridgehead atoms. The van der Waals surface area contributed by atoms with Crippen LogP contribution in [0, 0.1) is 5.92 Å². The number of likely N-dealkylation sites (tertiary alicyclic amines) is 1. The van der Waals surface area contributed by atoms with E-state index < -0.39 is 0 Å². The van der Waals surface area contributed by atoms with Gasteiger partial charge in [-0.2, -0.15) is 0 Å². The lowest BCUT2D eigenvalue weighted by molar-refractivity contribution is 0.471. The van der Waals surface area contributed by atoms with Crippen molar-refractivity contribution in [2.45, 2.75) is 37.2 Å². The minimum atomic E-state index is 0. The van der Waals surface area contributed by atoms with Crippen LogP contribution in [0.15, 0.2) is 40.2 Å². The molecule has 0 radical (unpaired) electrons. The molecule has 1 N–H and O–H groups in total. The lowest BCUT2D eigenvalue weighted by atomic mass is 10.2. The first kappa shape index (κ1) is 20.4. The molecule has 1 saturated heterocycles. The van der Waals surface area contributed by atoms with Crippen LogP contribution in [-0.4, -0.2) is 51.5 Å². The molecule has 3 heterocycles. The van der Waals surface area contributed by atoms with Crippen LogP contribution in [0.1, 0.15) is 24.5 Å². The van der Waals surface area contributed by atoms with Crippen LogP contribution in [0.2, 0.25) is 0 Å². The van der Waals surface area contributed by atoms with Crippen LogP contribution in [-0.2, 0) is 19.5 Å². The Balaban J connectivity index is 0.00000210. The van der Waals surface area contributed by atoms with E-state index in [9.17, 15) is 0 Å². The second-order valence-electron chi connectivity index (χ2n) is 6.91. The Hall–Kier alpha value is -1.29. The zero-order valence-corrected chi connectivity index (χ0v) is 18.8. The standard InChI is InChI=1S/C19H26N6S.HI/c1-20-19(21-12-18-23-22-17-8-5-10-25(17)18)24-11-9-15(13-24)14-26-16-6-3-2-4-7-16;/h2-4,6-7,15H,5,8-14H2,1H3,(H,20,21);1H. The summed E-state index contributed by atoms with van der Waals surface area (Å²) >= 11 is 1.96. The molecule has 2 aliphatic heterocycles. The molecule has 2 aromatic rings.